The van der Waals surface area contributed by atoms with Crippen LogP contribution in [-0.4, -0.2) is 41.2 Å². The van der Waals surface area contributed by atoms with E-state index >= 15 is 0 Å². The van der Waals surface area contributed by atoms with Gasteiger partial charge in [-0.25, -0.2) is 9.59 Å². The Morgan fingerprint density at radius 2 is 1.92 bits per heavy atom. The van der Waals surface area contributed by atoms with Crippen LogP contribution in [0.2, 0.25) is 0 Å². The molecule has 126 valence electrons. The van der Waals surface area contributed by atoms with Gasteiger partial charge in [0.2, 0.25) is 0 Å². The van der Waals surface area contributed by atoms with Crippen LogP contribution in [0.15, 0.2) is 54.9 Å². The van der Waals surface area contributed by atoms with Crippen LogP contribution in [0.4, 0.5) is 4.79 Å². The Labute approximate surface area is 140 Å². The molecule has 0 radical (unpaired) electrons. The first-order valence-electron chi connectivity index (χ1n) is 8.04. The summed E-state index contributed by atoms with van der Waals surface area (Å²) in [6, 6.07) is 9.57. The average Bonchev–Trinajstić information content (AvgIpc) is 2.81. The molecule has 0 aliphatic carbocycles. The lowest BCUT2D eigenvalue weighted by Gasteiger charge is -2.34. The van der Waals surface area contributed by atoms with E-state index in [2.05, 4.69) is 0 Å². The zero-order valence-electron chi connectivity index (χ0n) is 13.3. The SMILES string of the molecule is O=C(Cc1ccccc1)ON1CCC(N2C=CC=COC2=O)CC1. The van der Waals surface area contributed by atoms with Crippen molar-refractivity contribution in [3.63, 3.8) is 0 Å². The van der Waals surface area contributed by atoms with Gasteiger partial charge in [0.1, 0.15) is 0 Å². The largest absolute Gasteiger partial charge is 0.418 e. The number of carbonyl (C=O) groups is 2. The van der Waals surface area contributed by atoms with E-state index in [-0.39, 0.29) is 24.5 Å². The van der Waals surface area contributed by atoms with Crippen LogP contribution in [0.1, 0.15) is 18.4 Å². The average molecular weight is 328 g/mol. The molecule has 0 spiro atoms. The van der Waals surface area contributed by atoms with E-state index in [0.717, 1.165) is 18.4 Å². The van der Waals surface area contributed by atoms with Crippen molar-refractivity contribution >= 4 is 12.1 Å². The number of rotatable bonds is 4. The Kier molecular flexibility index (Phi) is 5.28. The number of hydrogen-bond acceptors (Lipinski definition) is 5. The van der Waals surface area contributed by atoms with Gasteiger partial charge in [0.05, 0.1) is 12.7 Å². The number of carbonyl (C=O) groups excluding carboxylic acids is 2. The van der Waals surface area contributed by atoms with Gasteiger partial charge in [0.15, 0.2) is 0 Å². The van der Waals surface area contributed by atoms with E-state index in [1.54, 1.807) is 28.3 Å². The molecule has 0 atom stereocenters. The third-order valence-corrected chi connectivity index (χ3v) is 4.06. The summed E-state index contributed by atoms with van der Waals surface area (Å²) in [6.45, 7) is 1.19. The van der Waals surface area contributed by atoms with Crippen molar-refractivity contribution < 1.29 is 19.2 Å². The van der Waals surface area contributed by atoms with Crippen LogP contribution in [-0.2, 0) is 20.8 Å². The van der Waals surface area contributed by atoms with E-state index < -0.39 is 0 Å². The minimum atomic E-state index is -0.375. The Hall–Kier alpha value is -2.60. The molecule has 0 unspecified atom stereocenters. The molecule has 6 nitrogen and oxygen atoms in total. The molecule has 24 heavy (non-hydrogen) atoms. The molecule has 1 fully saturated rings. The molecular weight excluding hydrogens is 308 g/mol. The monoisotopic (exact) mass is 328 g/mol. The summed E-state index contributed by atoms with van der Waals surface area (Å²) >= 11 is 0. The minimum Gasteiger partial charge on any atom is -0.418 e. The first-order chi connectivity index (χ1) is 11.7. The van der Waals surface area contributed by atoms with E-state index in [1.807, 2.05) is 30.3 Å². The normalized spacial score (nSPS) is 19.0. The van der Waals surface area contributed by atoms with Crippen LogP contribution in [0.25, 0.3) is 0 Å². The molecule has 1 amide bonds. The van der Waals surface area contributed by atoms with Crippen molar-refractivity contribution in [1.82, 2.24) is 9.96 Å². The van der Waals surface area contributed by atoms with Gasteiger partial charge in [-0.1, -0.05) is 30.3 Å². The number of nitrogens with zero attached hydrogens (tertiary/aromatic N) is 2. The first-order valence-corrected chi connectivity index (χ1v) is 8.04. The maximum absolute atomic E-state index is 12.0. The highest BCUT2D eigenvalue weighted by Crippen LogP contribution is 2.19. The summed E-state index contributed by atoms with van der Waals surface area (Å²) in [4.78, 5) is 30.9. The van der Waals surface area contributed by atoms with Crippen molar-refractivity contribution in [3.05, 3.63) is 60.5 Å². The molecule has 2 heterocycles. The van der Waals surface area contributed by atoms with E-state index in [9.17, 15) is 9.59 Å². The van der Waals surface area contributed by atoms with Gasteiger partial charge in [0, 0.05) is 25.3 Å². The molecule has 1 saturated heterocycles. The Bertz CT molecular complexity index is 634. The maximum Gasteiger partial charge on any atom is 0.418 e. The lowest BCUT2D eigenvalue weighted by molar-refractivity contribution is -0.195. The van der Waals surface area contributed by atoms with Crippen molar-refractivity contribution in [1.29, 1.82) is 0 Å². The molecule has 0 aromatic heterocycles. The molecule has 0 bridgehead atoms. The van der Waals surface area contributed by atoms with Crippen molar-refractivity contribution in [2.24, 2.45) is 0 Å². The fourth-order valence-corrected chi connectivity index (χ4v) is 2.83. The third kappa shape index (κ3) is 4.23. The van der Waals surface area contributed by atoms with E-state index in [1.165, 1.54) is 6.26 Å². The van der Waals surface area contributed by atoms with Crippen LogP contribution in [0, 0.1) is 0 Å². The summed E-state index contributed by atoms with van der Waals surface area (Å²) in [5.41, 5.74) is 0.933. The van der Waals surface area contributed by atoms with E-state index in [0.29, 0.717) is 13.1 Å². The highest BCUT2D eigenvalue weighted by molar-refractivity contribution is 5.72. The first kappa shape index (κ1) is 16.3. The lowest BCUT2D eigenvalue weighted by atomic mass is 10.1. The second kappa shape index (κ2) is 7.79. The number of piperidine rings is 1. The number of amides is 1. The van der Waals surface area contributed by atoms with Gasteiger partial charge in [0.25, 0.3) is 0 Å². The maximum atomic E-state index is 12.0. The number of hydroxylamine groups is 2. The van der Waals surface area contributed by atoms with Crippen molar-refractivity contribution in [3.8, 4) is 0 Å². The number of cyclic esters (lactones) is 1. The summed E-state index contributed by atoms with van der Waals surface area (Å²) in [7, 11) is 0. The van der Waals surface area contributed by atoms with Crippen LogP contribution >= 0.6 is 0 Å². The predicted molar refractivity (Wildman–Crippen MR) is 87.4 cm³/mol. The molecule has 6 heteroatoms. The van der Waals surface area contributed by atoms with Crippen LogP contribution in [0.5, 0.6) is 0 Å². The summed E-state index contributed by atoms with van der Waals surface area (Å²) < 4.78 is 4.97. The molecular formula is C18H20N2O4. The quantitative estimate of drug-likeness (QED) is 0.850. The van der Waals surface area contributed by atoms with Gasteiger partial charge in [-0.2, -0.15) is 0 Å². The van der Waals surface area contributed by atoms with Gasteiger partial charge < -0.3 is 9.57 Å². The summed E-state index contributed by atoms with van der Waals surface area (Å²) in [5, 5.41) is 1.67. The van der Waals surface area contributed by atoms with Gasteiger partial charge in [-0.05, 0) is 30.6 Å². The number of allylic oxidation sites excluding steroid dienone is 2. The highest BCUT2D eigenvalue weighted by Gasteiger charge is 2.29. The molecule has 2 aliphatic heterocycles. The summed E-state index contributed by atoms with van der Waals surface area (Å²) in [5.74, 6) is -0.266. The van der Waals surface area contributed by atoms with Gasteiger partial charge >= 0.3 is 12.1 Å². The fourth-order valence-electron chi connectivity index (χ4n) is 2.83. The number of benzene rings is 1. The lowest BCUT2D eigenvalue weighted by Crippen LogP contribution is -2.45. The molecule has 1 aromatic carbocycles. The highest BCUT2D eigenvalue weighted by atomic mass is 16.7. The van der Waals surface area contributed by atoms with E-state index in [4.69, 9.17) is 9.57 Å². The zero-order chi connectivity index (χ0) is 16.8. The van der Waals surface area contributed by atoms with Gasteiger partial charge in [-0.15, -0.1) is 5.06 Å². The topological polar surface area (TPSA) is 59.1 Å². The Balaban J connectivity index is 1.47. The van der Waals surface area contributed by atoms with Crippen molar-refractivity contribution in [2.75, 3.05) is 13.1 Å². The standard InChI is InChI=1S/C18H20N2O4/c21-17(14-15-6-2-1-3-7-15)24-19-11-8-16(9-12-19)20-10-4-5-13-23-18(20)22/h1-7,10,13,16H,8-9,11-12,14H2. The zero-order valence-corrected chi connectivity index (χ0v) is 13.3. The second-order valence-electron chi connectivity index (χ2n) is 5.75. The fraction of sp³-hybridized carbons (Fsp3) is 0.333. The molecule has 3 rings (SSSR count). The second-order valence-corrected chi connectivity index (χ2v) is 5.75. The minimum absolute atomic E-state index is 0.0534. The van der Waals surface area contributed by atoms with Crippen LogP contribution < -0.4 is 0 Å². The molecule has 2 aliphatic rings. The van der Waals surface area contributed by atoms with Crippen LogP contribution in [0.3, 0.4) is 0 Å². The smallest absolute Gasteiger partial charge is 0.418 e. The molecule has 0 saturated carbocycles. The summed E-state index contributed by atoms with van der Waals surface area (Å²) in [6.07, 6.45) is 7.88. The predicted octanol–water partition coefficient (Wildman–Crippen LogP) is 2.63. The number of ether oxygens (including phenoxy) is 1. The molecule has 0 N–H and O–H groups in total. The van der Waals surface area contributed by atoms with Gasteiger partial charge in [-0.3, -0.25) is 4.90 Å². The molecule has 1 aromatic rings. The number of hydrogen-bond donors (Lipinski definition) is 0. The third-order valence-electron chi connectivity index (χ3n) is 4.06. The van der Waals surface area contributed by atoms with Crippen molar-refractivity contribution in [2.45, 2.75) is 25.3 Å². The Morgan fingerprint density at radius 1 is 1.17 bits per heavy atom. The Morgan fingerprint density at radius 3 is 2.67 bits per heavy atom.